The molecule has 2 aromatic rings. The summed E-state index contributed by atoms with van der Waals surface area (Å²) < 4.78 is 38.0. The average molecular weight is 317 g/mol. The second-order valence-corrected chi connectivity index (χ2v) is 4.63. The maximum Gasteiger partial charge on any atom is 0.416 e. The van der Waals surface area contributed by atoms with Crippen LogP contribution in [0.1, 0.15) is 28.2 Å². The van der Waals surface area contributed by atoms with Gasteiger partial charge in [0.15, 0.2) is 11.4 Å². The largest absolute Gasteiger partial charge is 0.416 e. The quantitative estimate of drug-likeness (QED) is 0.940. The first-order chi connectivity index (χ1) is 10.8. The Bertz CT molecular complexity index is 815. The van der Waals surface area contributed by atoms with Gasteiger partial charge in [0.2, 0.25) is 0 Å². The summed E-state index contributed by atoms with van der Waals surface area (Å²) in [6, 6.07) is 8.40. The fourth-order valence-corrected chi connectivity index (χ4v) is 1.89. The summed E-state index contributed by atoms with van der Waals surface area (Å²) in [7, 11) is 0. The summed E-state index contributed by atoms with van der Waals surface area (Å²) in [5.41, 5.74) is -0.173. The SMILES string of the molecule is Cc1nc(C#N)c(C#N)nc1NCc1cccc(C(F)(F)F)c1. The summed E-state index contributed by atoms with van der Waals surface area (Å²) in [5, 5.41) is 20.6. The number of alkyl halides is 3. The highest BCUT2D eigenvalue weighted by molar-refractivity contribution is 5.47. The van der Waals surface area contributed by atoms with E-state index in [1.165, 1.54) is 6.07 Å². The summed E-state index contributed by atoms with van der Waals surface area (Å²) >= 11 is 0. The number of rotatable bonds is 3. The zero-order chi connectivity index (χ0) is 17.0. The topological polar surface area (TPSA) is 85.4 Å². The number of hydrogen-bond donors (Lipinski definition) is 1. The van der Waals surface area contributed by atoms with Crippen molar-refractivity contribution >= 4 is 5.82 Å². The molecule has 0 unspecified atom stereocenters. The third kappa shape index (κ3) is 3.74. The Morgan fingerprint density at radius 1 is 1.13 bits per heavy atom. The normalized spacial score (nSPS) is 10.7. The van der Waals surface area contributed by atoms with Crippen LogP contribution in [0.3, 0.4) is 0 Å². The van der Waals surface area contributed by atoms with Crippen molar-refractivity contribution in [1.29, 1.82) is 10.5 Å². The van der Waals surface area contributed by atoms with E-state index < -0.39 is 11.7 Å². The zero-order valence-corrected chi connectivity index (χ0v) is 11.9. The minimum absolute atomic E-state index is 0.0796. The number of halogens is 3. The number of aromatic nitrogens is 2. The van der Waals surface area contributed by atoms with Crippen molar-refractivity contribution in [2.75, 3.05) is 5.32 Å². The lowest BCUT2D eigenvalue weighted by Gasteiger charge is -2.11. The van der Waals surface area contributed by atoms with Crippen molar-refractivity contribution in [1.82, 2.24) is 9.97 Å². The van der Waals surface area contributed by atoms with Crippen LogP contribution in [0, 0.1) is 29.6 Å². The standard InChI is InChI=1S/C15H10F3N5/c1-9-14(23-13(7-20)12(6-19)22-9)21-8-10-3-2-4-11(5-10)15(16,17)18/h2-5H,8H2,1H3,(H,21,23). The maximum absolute atomic E-state index is 12.7. The van der Waals surface area contributed by atoms with E-state index in [9.17, 15) is 13.2 Å². The van der Waals surface area contributed by atoms with Crippen molar-refractivity contribution in [3.63, 3.8) is 0 Å². The van der Waals surface area contributed by atoms with E-state index in [1.54, 1.807) is 25.1 Å². The molecule has 23 heavy (non-hydrogen) atoms. The number of benzene rings is 1. The summed E-state index contributed by atoms with van der Waals surface area (Å²) in [6.45, 7) is 1.67. The second-order valence-electron chi connectivity index (χ2n) is 4.63. The van der Waals surface area contributed by atoms with Crippen LogP contribution in [0.4, 0.5) is 19.0 Å². The van der Waals surface area contributed by atoms with Gasteiger partial charge in [-0.1, -0.05) is 12.1 Å². The fourth-order valence-electron chi connectivity index (χ4n) is 1.89. The highest BCUT2D eigenvalue weighted by Crippen LogP contribution is 2.29. The minimum Gasteiger partial charge on any atom is -0.364 e. The van der Waals surface area contributed by atoms with Gasteiger partial charge in [-0.3, -0.25) is 0 Å². The Morgan fingerprint density at radius 2 is 1.78 bits per heavy atom. The van der Waals surface area contributed by atoms with Crippen molar-refractivity contribution in [3.05, 3.63) is 52.5 Å². The molecule has 5 nitrogen and oxygen atoms in total. The van der Waals surface area contributed by atoms with Gasteiger partial charge < -0.3 is 5.32 Å². The molecule has 0 atom stereocenters. The van der Waals surface area contributed by atoms with Crippen LogP contribution in [0.25, 0.3) is 0 Å². The van der Waals surface area contributed by atoms with E-state index in [1.807, 2.05) is 0 Å². The van der Waals surface area contributed by atoms with E-state index in [-0.39, 0.29) is 23.8 Å². The Morgan fingerprint density at radius 3 is 2.39 bits per heavy atom. The van der Waals surface area contributed by atoms with Gasteiger partial charge in [-0.2, -0.15) is 23.7 Å². The highest BCUT2D eigenvalue weighted by Gasteiger charge is 2.30. The molecule has 1 aromatic heterocycles. The van der Waals surface area contributed by atoms with Gasteiger partial charge >= 0.3 is 6.18 Å². The number of aryl methyl sites for hydroxylation is 1. The molecule has 2 rings (SSSR count). The Labute approximate surface area is 130 Å². The smallest absolute Gasteiger partial charge is 0.364 e. The first kappa shape index (κ1) is 16.2. The van der Waals surface area contributed by atoms with E-state index in [2.05, 4.69) is 15.3 Å². The predicted molar refractivity (Wildman–Crippen MR) is 75.0 cm³/mol. The van der Waals surface area contributed by atoms with Crippen LogP contribution >= 0.6 is 0 Å². The molecule has 0 saturated carbocycles. The first-order valence-electron chi connectivity index (χ1n) is 6.44. The van der Waals surface area contributed by atoms with Gasteiger partial charge in [0.25, 0.3) is 0 Å². The molecule has 0 spiro atoms. The second kappa shape index (κ2) is 6.32. The van der Waals surface area contributed by atoms with Crippen molar-refractivity contribution in [3.8, 4) is 12.1 Å². The summed E-state index contributed by atoms with van der Waals surface area (Å²) in [5.74, 6) is 0.248. The maximum atomic E-state index is 12.7. The third-order valence-electron chi connectivity index (χ3n) is 3.00. The van der Waals surface area contributed by atoms with Crippen molar-refractivity contribution in [2.45, 2.75) is 19.6 Å². The van der Waals surface area contributed by atoms with Gasteiger partial charge in [0.05, 0.1) is 11.3 Å². The van der Waals surface area contributed by atoms with E-state index in [0.29, 0.717) is 11.3 Å². The molecule has 0 fully saturated rings. The minimum atomic E-state index is -4.41. The van der Waals surface area contributed by atoms with Crippen LogP contribution in [0.5, 0.6) is 0 Å². The average Bonchev–Trinajstić information content (AvgIpc) is 2.52. The van der Waals surface area contributed by atoms with Gasteiger partial charge in [0.1, 0.15) is 18.0 Å². The molecule has 1 aromatic carbocycles. The van der Waals surface area contributed by atoms with Gasteiger partial charge in [-0.25, -0.2) is 9.97 Å². The van der Waals surface area contributed by atoms with Crippen LogP contribution < -0.4 is 5.32 Å². The molecular formula is C15H10F3N5. The molecule has 0 aliphatic carbocycles. The molecule has 0 bridgehead atoms. The lowest BCUT2D eigenvalue weighted by molar-refractivity contribution is -0.137. The molecule has 0 radical (unpaired) electrons. The molecule has 0 aliphatic heterocycles. The van der Waals surface area contributed by atoms with Crippen molar-refractivity contribution in [2.24, 2.45) is 0 Å². The van der Waals surface area contributed by atoms with E-state index in [0.717, 1.165) is 12.1 Å². The van der Waals surface area contributed by atoms with Crippen molar-refractivity contribution < 1.29 is 13.2 Å². The summed E-state index contributed by atoms with van der Waals surface area (Å²) in [6.07, 6.45) is -4.41. The Hall–Kier alpha value is -3.13. The van der Waals surface area contributed by atoms with Crippen LogP contribution in [0.15, 0.2) is 24.3 Å². The molecular weight excluding hydrogens is 307 g/mol. The Kier molecular flexibility index (Phi) is 4.47. The lowest BCUT2D eigenvalue weighted by Crippen LogP contribution is -2.09. The van der Waals surface area contributed by atoms with Gasteiger partial charge in [0, 0.05) is 6.54 Å². The van der Waals surface area contributed by atoms with Crippen LogP contribution in [-0.2, 0) is 12.7 Å². The molecule has 0 aliphatic rings. The van der Waals surface area contributed by atoms with Crippen LogP contribution in [0.2, 0.25) is 0 Å². The number of nitrogens with one attached hydrogen (secondary N) is 1. The molecule has 0 amide bonds. The Balaban J connectivity index is 2.22. The molecule has 8 heteroatoms. The first-order valence-corrected chi connectivity index (χ1v) is 6.44. The monoisotopic (exact) mass is 317 g/mol. The molecule has 1 heterocycles. The van der Waals surface area contributed by atoms with Gasteiger partial charge in [-0.05, 0) is 24.6 Å². The molecule has 1 N–H and O–H groups in total. The molecule has 116 valence electrons. The number of hydrogen-bond acceptors (Lipinski definition) is 5. The summed E-state index contributed by atoms with van der Waals surface area (Å²) in [4.78, 5) is 7.91. The number of anilines is 1. The van der Waals surface area contributed by atoms with E-state index in [4.69, 9.17) is 10.5 Å². The fraction of sp³-hybridized carbons (Fsp3) is 0.200. The highest BCUT2D eigenvalue weighted by atomic mass is 19.4. The van der Waals surface area contributed by atoms with E-state index >= 15 is 0 Å². The predicted octanol–water partition coefficient (Wildman–Crippen LogP) is 3.16. The van der Waals surface area contributed by atoms with Crippen LogP contribution in [-0.4, -0.2) is 9.97 Å². The number of nitriles is 2. The molecule has 0 saturated heterocycles. The lowest BCUT2D eigenvalue weighted by atomic mass is 10.1. The van der Waals surface area contributed by atoms with Gasteiger partial charge in [-0.15, -0.1) is 0 Å². The zero-order valence-electron chi connectivity index (χ0n) is 11.9. The number of nitrogens with zero attached hydrogens (tertiary/aromatic N) is 4. The third-order valence-corrected chi connectivity index (χ3v) is 3.00.